The van der Waals surface area contributed by atoms with Crippen LogP contribution in [0.5, 0.6) is 0 Å². The molecule has 0 unspecified atom stereocenters. The van der Waals surface area contributed by atoms with Crippen LogP contribution in [0.4, 0.5) is 0 Å². The van der Waals surface area contributed by atoms with E-state index in [0.717, 1.165) is 56.8 Å². The van der Waals surface area contributed by atoms with Gasteiger partial charge in [0.25, 0.3) is 5.91 Å². The molecule has 1 N–H and O–H groups in total. The molecule has 1 aliphatic heterocycles. The highest BCUT2D eigenvalue weighted by molar-refractivity contribution is 5.95. The molecular weight excluding hydrogens is 366 g/mol. The van der Waals surface area contributed by atoms with Gasteiger partial charge in [-0.3, -0.25) is 9.78 Å². The first kappa shape index (κ1) is 21.3. The Morgan fingerprint density at radius 1 is 1.31 bits per heavy atom. The van der Waals surface area contributed by atoms with Gasteiger partial charge in [0.05, 0.1) is 11.3 Å². The van der Waals surface area contributed by atoms with E-state index in [1.54, 1.807) is 13.3 Å². The number of nitrogens with one attached hydrogen (secondary N) is 1. The van der Waals surface area contributed by atoms with E-state index in [4.69, 9.17) is 4.74 Å². The van der Waals surface area contributed by atoms with Crippen molar-refractivity contribution in [1.29, 1.82) is 0 Å². The van der Waals surface area contributed by atoms with E-state index in [2.05, 4.69) is 31.2 Å². The molecule has 0 saturated carbocycles. The third-order valence-electron chi connectivity index (χ3n) is 5.41. The number of carbonyl (C=O) groups excluding carboxylic acids is 1. The van der Waals surface area contributed by atoms with Gasteiger partial charge >= 0.3 is 0 Å². The summed E-state index contributed by atoms with van der Waals surface area (Å²) in [6, 6.07) is 4.11. The van der Waals surface area contributed by atoms with E-state index in [9.17, 15) is 4.79 Å². The normalized spacial score (nSPS) is 15.4. The van der Waals surface area contributed by atoms with Gasteiger partial charge in [0.15, 0.2) is 0 Å². The maximum Gasteiger partial charge on any atom is 0.254 e. The number of methoxy groups -OCH3 is 1. The Hall–Kier alpha value is -2.38. The van der Waals surface area contributed by atoms with Gasteiger partial charge < -0.3 is 15.0 Å². The number of amides is 1. The molecule has 3 rings (SSSR count). The first-order chi connectivity index (χ1) is 14.2. The summed E-state index contributed by atoms with van der Waals surface area (Å²) in [6.07, 6.45) is 9.25. The summed E-state index contributed by atoms with van der Waals surface area (Å²) in [5, 5.41) is 2.96. The van der Waals surface area contributed by atoms with Crippen molar-refractivity contribution >= 4 is 5.91 Å². The van der Waals surface area contributed by atoms with Crippen LogP contribution < -0.4 is 5.32 Å². The molecule has 1 fully saturated rings. The van der Waals surface area contributed by atoms with Crippen molar-refractivity contribution in [3.05, 3.63) is 53.4 Å². The molecule has 1 aliphatic rings. The molecule has 1 saturated heterocycles. The second-order valence-electron chi connectivity index (χ2n) is 7.55. The lowest BCUT2D eigenvalue weighted by molar-refractivity contribution is 0.0945. The van der Waals surface area contributed by atoms with Gasteiger partial charge in [-0.2, -0.15) is 0 Å². The van der Waals surface area contributed by atoms with Crippen molar-refractivity contribution in [2.75, 3.05) is 39.9 Å². The zero-order valence-corrected chi connectivity index (χ0v) is 17.4. The number of nitrogens with zero attached hydrogens (tertiary/aromatic N) is 4. The van der Waals surface area contributed by atoms with Gasteiger partial charge in [0.2, 0.25) is 0 Å². The Morgan fingerprint density at radius 2 is 2.14 bits per heavy atom. The minimum atomic E-state index is -0.0879. The molecule has 3 heterocycles. The smallest absolute Gasteiger partial charge is 0.254 e. The maximum atomic E-state index is 12.7. The highest BCUT2D eigenvalue weighted by atomic mass is 16.5. The van der Waals surface area contributed by atoms with Crippen LogP contribution in [-0.4, -0.2) is 65.7 Å². The second kappa shape index (κ2) is 11.0. The summed E-state index contributed by atoms with van der Waals surface area (Å²) in [6.45, 7) is 6.18. The minimum Gasteiger partial charge on any atom is -0.385 e. The van der Waals surface area contributed by atoms with Gasteiger partial charge in [-0.1, -0.05) is 6.07 Å². The van der Waals surface area contributed by atoms with Crippen LogP contribution in [0, 0.1) is 6.92 Å². The van der Waals surface area contributed by atoms with Gasteiger partial charge in [-0.25, -0.2) is 9.97 Å². The fraction of sp³-hybridized carbons (Fsp3) is 0.545. The molecule has 0 spiro atoms. The van der Waals surface area contributed by atoms with Crippen molar-refractivity contribution in [1.82, 2.24) is 25.2 Å². The van der Waals surface area contributed by atoms with E-state index >= 15 is 0 Å². The lowest BCUT2D eigenvalue weighted by atomic mass is 9.90. The van der Waals surface area contributed by atoms with E-state index in [1.807, 2.05) is 25.4 Å². The van der Waals surface area contributed by atoms with E-state index in [1.165, 1.54) is 5.56 Å². The molecule has 1 amide bonds. The van der Waals surface area contributed by atoms with E-state index in [0.29, 0.717) is 24.6 Å². The molecule has 0 aromatic carbocycles. The van der Waals surface area contributed by atoms with Gasteiger partial charge in [0.1, 0.15) is 5.82 Å². The lowest BCUT2D eigenvalue weighted by Gasteiger charge is -2.32. The van der Waals surface area contributed by atoms with Crippen LogP contribution in [0.1, 0.15) is 52.6 Å². The highest BCUT2D eigenvalue weighted by Crippen LogP contribution is 2.29. The molecule has 0 bridgehead atoms. The number of ether oxygens (including phenoxy) is 1. The predicted molar refractivity (Wildman–Crippen MR) is 112 cm³/mol. The summed E-state index contributed by atoms with van der Waals surface area (Å²) in [4.78, 5) is 28.3. The number of aromatic nitrogens is 3. The molecule has 7 nitrogen and oxygen atoms in total. The van der Waals surface area contributed by atoms with Gasteiger partial charge in [-0.05, 0) is 57.3 Å². The highest BCUT2D eigenvalue weighted by Gasteiger charge is 2.26. The number of pyridine rings is 1. The Labute approximate surface area is 172 Å². The number of likely N-dealkylation sites (tertiary alicyclic amines) is 1. The van der Waals surface area contributed by atoms with Crippen LogP contribution in [-0.2, 0) is 11.2 Å². The molecule has 2 aromatic heterocycles. The summed E-state index contributed by atoms with van der Waals surface area (Å²) in [7, 11) is 1.66. The molecule has 0 atom stereocenters. The zero-order valence-electron chi connectivity index (χ0n) is 17.4. The Morgan fingerprint density at radius 3 is 2.86 bits per heavy atom. The zero-order chi connectivity index (χ0) is 20.5. The number of hydrogen-bond acceptors (Lipinski definition) is 6. The number of rotatable bonds is 9. The molecule has 29 heavy (non-hydrogen) atoms. The molecular formula is C22H31N5O2. The summed E-state index contributed by atoms with van der Waals surface area (Å²) < 4.78 is 5.04. The molecule has 0 aliphatic carbocycles. The molecule has 2 aromatic rings. The monoisotopic (exact) mass is 397 g/mol. The summed E-state index contributed by atoms with van der Waals surface area (Å²) >= 11 is 0. The van der Waals surface area contributed by atoms with Gasteiger partial charge in [-0.15, -0.1) is 0 Å². The topological polar surface area (TPSA) is 80.2 Å². The fourth-order valence-corrected chi connectivity index (χ4v) is 3.75. The number of carbonyl (C=O) groups is 1. The second-order valence-corrected chi connectivity index (χ2v) is 7.55. The standard InChI is InChI=1S/C22H31N5O2/c1-17-25-16-20(22(28)24-10-4-14-29-2)21(26-17)19-7-12-27(13-8-19)11-6-18-5-3-9-23-15-18/h3,5,9,15-16,19H,4,6-8,10-14H2,1-2H3,(H,24,28). The lowest BCUT2D eigenvalue weighted by Crippen LogP contribution is -2.35. The summed E-state index contributed by atoms with van der Waals surface area (Å²) in [5.41, 5.74) is 2.78. The first-order valence-electron chi connectivity index (χ1n) is 10.4. The Kier molecular flexibility index (Phi) is 8.07. The van der Waals surface area contributed by atoms with Crippen molar-refractivity contribution in [2.24, 2.45) is 0 Å². The predicted octanol–water partition coefficient (Wildman–Crippen LogP) is 2.37. The third-order valence-corrected chi connectivity index (χ3v) is 5.41. The molecule has 7 heteroatoms. The van der Waals surface area contributed by atoms with Crippen LogP contribution in [0.3, 0.4) is 0 Å². The van der Waals surface area contributed by atoms with Crippen LogP contribution in [0.2, 0.25) is 0 Å². The van der Waals surface area contributed by atoms with Crippen molar-refractivity contribution in [2.45, 2.75) is 38.5 Å². The van der Waals surface area contributed by atoms with Crippen LogP contribution >= 0.6 is 0 Å². The Bertz CT molecular complexity index is 776. The first-order valence-corrected chi connectivity index (χ1v) is 10.4. The SMILES string of the molecule is COCCCNC(=O)c1cnc(C)nc1C1CCN(CCc2cccnc2)CC1. The quantitative estimate of drug-likeness (QED) is 0.655. The average molecular weight is 398 g/mol. The third kappa shape index (κ3) is 6.30. The van der Waals surface area contributed by atoms with Crippen molar-refractivity contribution in [3.63, 3.8) is 0 Å². The maximum absolute atomic E-state index is 12.7. The van der Waals surface area contributed by atoms with E-state index < -0.39 is 0 Å². The summed E-state index contributed by atoms with van der Waals surface area (Å²) in [5.74, 6) is 0.927. The largest absolute Gasteiger partial charge is 0.385 e. The van der Waals surface area contributed by atoms with Crippen LogP contribution in [0.25, 0.3) is 0 Å². The number of piperidine rings is 1. The number of aryl methyl sites for hydroxylation is 1. The van der Waals surface area contributed by atoms with Crippen LogP contribution in [0.15, 0.2) is 30.7 Å². The fourth-order valence-electron chi connectivity index (χ4n) is 3.75. The number of hydrogen-bond donors (Lipinski definition) is 1. The minimum absolute atomic E-state index is 0.0879. The van der Waals surface area contributed by atoms with Gasteiger partial charge in [0, 0.05) is 51.3 Å². The van der Waals surface area contributed by atoms with Crippen molar-refractivity contribution < 1.29 is 9.53 Å². The average Bonchev–Trinajstić information content (AvgIpc) is 2.76. The molecule has 0 radical (unpaired) electrons. The van der Waals surface area contributed by atoms with E-state index in [-0.39, 0.29) is 5.91 Å². The van der Waals surface area contributed by atoms with Crippen molar-refractivity contribution in [3.8, 4) is 0 Å². The molecule has 156 valence electrons. The Balaban J connectivity index is 1.56.